The molecule has 1 N–H and O–H groups in total. The fourth-order valence-electron chi connectivity index (χ4n) is 2.35. The molecule has 3 heteroatoms. The normalized spacial score (nSPS) is 21.5. The molecule has 3 nitrogen and oxygen atoms in total. The zero-order chi connectivity index (χ0) is 12.3. The summed E-state index contributed by atoms with van der Waals surface area (Å²) in [6.07, 6.45) is 3.13. The van der Waals surface area contributed by atoms with Gasteiger partial charge < -0.3 is 9.73 Å². The van der Waals surface area contributed by atoms with Crippen molar-refractivity contribution in [1.29, 1.82) is 0 Å². The topological polar surface area (TPSA) is 28.4 Å². The van der Waals surface area contributed by atoms with Crippen molar-refractivity contribution >= 4 is 0 Å². The van der Waals surface area contributed by atoms with Gasteiger partial charge in [-0.1, -0.05) is 20.8 Å². The molecule has 2 heterocycles. The fourth-order valence-corrected chi connectivity index (χ4v) is 2.35. The van der Waals surface area contributed by atoms with E-state index in [2.05, 4.69) is 37.1 Å². The third-order valence-electron chi connectivity index (χ3n) is 3.41. The first-order chi connectivity index (χ1) is 8.15. The maximum atomic E-state index is 5.61. The Morgan fingerprint density at radius 3 is 3.00 bits per heavy atom. The first kappa shape index (κ1) is 12.7. The molecular formula is C14H24N2O. The number of rotatable bonds is 5. The molecule has 96 valence electrons. The molecule has 0 radical (unpaired) electrons. The van der Waals surface area contributed by atoms with Crippen LogP contribution in [0.5, 0.6) is 0 Å². The van der Waals surface area contributed by atoms with Crippen LogP contribution in [0.25, 0.3) is 0 Å². The van der Waals surface area contributed by atoms with E-state index in [9.17, 15) is 0 Å². The summed E-state index contributed by atoms with van der Waals surface area (Å²) in [6, 6.07) is 2.61. The molecule has 0 bridgehead atoms. The van der Waals surface area contributed by atoms with Crippen LogP contribution >= 0.6 is 0 Å². The minimum atomic E-state index is 0.518. The smallest absolute Gasteiger partial charge is 0.122 e. The van der Waals surface area contributed by atoms with E-state index in [0.29, 0.717) is 6.04 Å². The van der Waals surface area contributed by atoms with Crippen LogP contribution in [0.3, 0.4) is 0 Å². The molecule has 0 amide bonds. The Hall–Kier alpha value is -0.800. The summed E-state index contributed by atoms with van der Waals surface area (Å²) in [7, 11) is 0. The number of hydrogen-bond donors (Lipinski definition) is 1. The second-order valence-corrected chi connectivity index (χ2v) is 5.53. The Kier molecular flexibility index (Phi) is 4.24. The van der Waals surface area contributed by atoms with E-state index < -0.39 is 0 Å². The lowest BCUT2D eigenvalue weighted by atomic mass is 10.2. The van der Waals surface area contributed by atoms with Crippen LogP contribution in [-0.2, 0) is 13.1 Å². The average molecular weight is 236 g/mol. The van der Waals surface area contributed by atoms with Crippen molar-refractivity contribution in [1.82, 2.24) is 10.2 Å². The molecule has 1 aliphatic heterocycles. The Balaban J connectivity index is 1.89. The van der Waals surface area contributed by atoms with Crippen LogP contribution in [0.1, 0.15) is 38.5 Å². The molecule has 1 aromatic heterocycles. The van der Waals surface area contributed by atoms with Gasteiger partial charge in [-0.25, -0.2) is 0 Å². The molecule has 0 aliphatic carbocycles. The van der Waals surface area contributed by atoms with E-state index in [1.807, 2.05) is 6.26 Å². The summed E-state index contributed by atoms with van der Waals surface area (Å²) in [5, 5.41) is 3.44. The van der Waals surface area contributed by atoms with Crippen LogP contribution in [0.2, 0.25) is 0 Å². The van der Waals surface area contributed by atoms with Gasteiger partial charge >= 0.3 is 0 Å². The molecule has 1 unspecified atom stereocenters. The van der Waals surface area contributed by atoms with E-state index in [1.165, 1.54) is 25.1 Å². The number of likely N-dealkylation sites (tertiary alicyclic amines) is 1. The summed E-state index contributed by atoms with van der Waals surface area (Å²) < 4.78 is 5.61. The second-order valence-electron chi connectivity index (χ2n) is 5.53. The molecule has 0 spiro atoms. The van der Waals surface area contributed by atoms with Gasteiger partial charge in [-0.3, -0.25) is 4.90 Å². The van der Waals surface area contributed by atoms with Crippen molar-refractivity contribution in [2.24, 2.45) is 5.92 Å². The van der Waals surface area contributed by atoms with Crippen molar-refractivity contribution in [2.45, 2.75) is 46.3 Å². The maximum Gasteiger partial charge on any atom is 0.122 e. The monoisotopic (exact) mass is 236 g/mol. The predicted molar refractivity (Wildman–Crippen MR) is 69.7 cm³/mol. The molecule has 17 heavy (non-hydrogen) atoms. The van der Waals surface area contributed by atoms with Crippen LogP contribution in [-0.4, -0.2) is 24.0 Å². The lowest BCUT2D eigenvalue weighted by Crippen LogP contribution is -2.24. The third-order valence-corrected chi connectivity index (χ3v) is 3.41. The summed E-state index contributed by atoms with van der Waals surface area (Å²) in [5.74, 6) is 1.97. The van der Waals surface area contributed by atoms with E-state index in [-0.39, 0.29) is 0 Å². The predicted octanol–water partition coefficient (Wildman–Crippen LogP) is 2.62. The van der Waals surface area contributed by atoms with Gasteiger partial charge in [0.25, 0.3) is 0 Å². The van der Waals surface area contributed by atoms with Crippen LogP contribution in [0.4, 0.5) is 0 Å². The van der Waals surface area contributed by atoms with Gasteiger partial charge in [-0.15, -0.1) is 0 Å². The zero-order valence-corrected chi connectivity index (χ0v) is 11.2. The Morgan fingerprint density at radius 2 is 2.35 bits per heavy atom. The molecule has 2 rings (SSSR count). The highest BCUT2D eigenvalue weighted by Gasteiger charge is 2.20. The highest BCUT2D eigenvalue weighted by atomic mass is 16.3. The van der Waals surface area contributed by atoms with Gasteiger partial charge in [-0.2, -0.15) is 0 Å². The fraction of sp³-hybridized carbons (Fsp3) is 0.714. The first-order valence-electron chi connectivity index (χ1n) is 6.66. The third kappa shape index (κ3) is 3.58. The minimum absolute atomic E-state index is 0.518. The second kappa shape index (κ2) is 5.69. The molecule has 0 aromatic carbocycles. The molecular weight excluding hydrogens is 212 g/mol. The lowest BCUT2D eigenvalue weighted by Gasteiger charge is -2.15. The van der Waals surface area contributed by atoms with Crippen molar-refractivity contribution in [3.05, 3.63) is 23.7 Å². The number of hydrogen-bond acceptors (Lipinski definition) is 3. The van der Waals surface area contributed by atoms with Crippen LogP contribution < -0.4 is 5.32 Å². The molecule has 1 saturated heterocycles. The van der Waals surface area contributed by atoms with Crippen molar-refractivity contribution in [3.8, 4) is 0 Å². The summed E-state index contributed by atoms with van der Waals surface area (Å²) in [5.41, 5.74) is 1.30. The van der Waals surface area contributed by atoms with Crippen molar-refractivity contribution < 1.29 is 4.42 Å². The molecule has 1 atom stereocenters. The Labute approximate surface area is 104 Å². The Morgan fingerprint density at radius 1 is 1.53 bits per heavy atom. The lowest BCUT2D eigenvalue weighted by molar-refractivity contribution is 0.287. The van der Waals surface area contributed by atoms with E-state index in [0.717, 1.165) is 24.8 Å². The van der Waals surface area contributed by atoms with Crippen molar-refractivity contribution in [2.75, 3.05) is 13.1 Å². The van der Waals surface area contributed by atoms with E-state index >= 15 is 0 Å². The highest BCUT2D eigenvalue weighted by Crippen LogP contribution is 2.20. The van der Waals surface area contributed by atoms with E-state index in [1.54, 1.807) is 0 Å². The van der Waals surface area contributed by atoms with Gasteiger partial charge in [0.05, 0.1) is 12.8 Å². The largest absolute Gasteiger partial charge is 0.468 e. The molecule has 1 aliphatic rings. The van der Waals surface area contributed by atoms with Crippen LogP contribution in [0, 0.1) is 5.92 Å². The van der Waals surface area contributed by atoms with Crippen LogP contribution in [0.15, 0.2) is 16.7 Å². The zero-order valence-electron chi connectivity index (χ0n) is 11.2. The summed E-state index contributed by atoms with van der Waals surface area (Å²) in [4.78, 5) is 2.49. The average Bonchev–Trinajstić information content (AvgIpc) is 2.86. The van der Waals surface area contributed by atoms with Gasteiger partial charge in [0.15, 0.2) is 0 Å². The van der Waals surface area contributed by atoms with Crippen molar-refractivity contribution in [3.63, 3.8) is 0 Å². The summed E-state index contributed by atoms with van der Waals surface area (Å²) in [6.45, 7) is 10.9. The van der Waals surface area contributed by atoms with Gasteiger partial charge in [0.1, 0.15) is 5.76 Å². The highest BCUT2D eigenvalue weighted by molar-refractivity contribution is 5.17. The molecule has 0 saturated carbocycles. The standard InChI is InChI=1S/C14H24N2O/c1-11(2)15-8-13-5-7-17-14(13)10-16-6-4-12(3)9-16/h5,7,11-12,15H,4,6,8-10H2,1-3H3. The molecule has 1 aromatic rings. The number of nitrogens with one attached hydrogen (secondary N) is 1. The van der Waals surface area contributed by atoms with Gasteiger partial charge in [0, 0.05) is 24.7 Å². The van der Waals surface area contributed by atoms with E-state index in [4.69, 9.17) is 4.42 Å². The van der Waals surface area contributed by atoms with Gasteiger partial charge in [0.2, 0.25) is 0 Å². The quantitative estimate of drug-likeness (QED) is 0.852. The first-order valence-corrected chi connectivity index (χ1v) is 6.66. The number of furan rings is 1. The maximum absolute atomic E-state index is 5.61. The Bertz CT molecular complexity index is 346. The SMILES string of the molecule is CC1CCN(Cc2occc2CNC(C)C)C1. The minimum Gasteiger partial charge on any atom is -0.468 e. The molecule has 1 fully saturated rings. The number of nitrogens with zero attached hydrogens (tertiary/aromatic N) is 1. The van der Waals surface area contributed by atoms with Gasteiger partial charge in [-0.05, 0) is 24.9 Å². The summed E-state index contributed by atoms with van der Waals surface area (Å²) >= 11 is 0.